The topological polar surface area (TPSA) is 25.6 Å². The van der Waals surface area contributed by atoms with Crippen molar-refractivity contribution in [1.29, 1.82) is 0 Å². The van der Waals surface area contributed by atoms with Crippen molar-refractivity contribution in [3.05, 3.63) is 270 Å². The molecule has 1 atom stereocenters. The molecular formula is C70H45NO2. The highest BCUT2D eigenvalue weighted by Crippen LogP contribution is 2.63. The SMILES string of the molecule is CC1(C)c2ccccc2-c2ccc(N(c3ccc4c(c3)-c3ccccc3Oc3ccccc3-4)c3ccc4c(c3)-c3ccccc3-c3ccccc3C43c4ccccc4-c4cc5c(cc43)oc3ccccc35)cc21. The summed E-state index contributed by atoms with van der Waals surface area (Å²) in [6, 6.07) is 87.6. The highest BCUT2D eigenvalue weighted by Gasteiger charge is 2.50. The predicted octanol–water partition coefficient (Wildman–Crippen LogP) is 18.8. The van der Waals surface area contributed by atoms with Crippen LogP contribution in [0.2, 0.25) is 0 Å². The van der Waals surface area contributed by atoms with Gasteiger partial charge < -0.3 is 14.1 Å². The minimum absolute atomic E-state index is 0.194. The number of hydrogen-bond acceptors (Lipinski definition) is 3. The second-order valence-corrected chi connectivity index (χ2v) is 20.7. The Kier molecular flexibility index (Phi) is 8.16. The molecule has 0 N–H and O–H groups in total. The summed E-state index contributed by atoms with van der Waals surface area (Å²) >= 11 is 0. The van der Waals surface area contributed by atoms with E-state index in [9.17, 15) is 0 Å². The molecule has 16 rings (SSSR count). The third kappa shape index (κ3) is 5.43. The molecule has 1 aromatic heterocycles. The Morgan fingerprint density at radius 3 is 1.45 bits per heavy atom. The van der Waals surface area contributed by atoms with Gasteiger partial charge in [0.25, 0.3) is 0 Å². The lowest BCUT2D eigenvalue weighted by Gasteiger charge is -2.36. The molecule has 0 saturated carbocycles. The largest absolute Gasteiger partial charge is 0.456 e. The maximum Gasteiger partial charge on any atom is 0.135 e. The third-order valence-corrected chi connectivity index (χ3v) is 16.7. The summed E-state index contributed by atoms with van der Waals surface area (Å²) in [4.78, 5) is 2.49. The number of anilines is 3. The van der Waals surface area contributed by atoms with Crippen molar-refractivity contribution >= 4 is 39.0 Å². The van der Waals surface area contributed by atoms with Gasteiger partial charge in [0.1, 0.15) is 22.7 Å². The zero-order valence-corrected chi connectivity index (χ0v) is 40.3. The van der Waals surface area contributed by atoms with Crippen LogP contribution in [0.15, 0.2) is 241 Å². The van der Waals surface area contributed by atoms with Gasteiger partial charge in [-0.05, 0) is 156 Å². The molecule has 0 bridgehead atoms. The van der Waals surface area contributed by atoms with Crippen molar-refractivity contribution in [3.63, 3.8) is 0 Å². The normalized spacial score (nSPS) is 15.5. The maximum absolute atomic E-state index is 6.77. The van der Waals surface area contributed by atoms with Gasteiger partial charge in [0.2, 0.25) is 0 Å². The third-order valence-electron chi connectivity index (χ3n) is 16.7. The first-order chi connectivity index (χ1) is 35.9. The average Bonchev–Trinajstić information content (AvgIpc) is 3.96. The monoisotopic (exact) mass is 931 g/mol. The van der Waals surface area contributed by atoms with Gasteiger partial charge in [-0.3, -0.25) is 0 Å². The Hall–Kier alpha value is -9.18. The van der Waals surface area contributed by atoms with Crippen molar-refractivity contribution in [2.45, 2.75) is 24.7 Å². The molecule has 0 amide bonds. The molecule has 1 aliphatic heterocycles. The average molecular weight is 932 g/mol. The van der Waals surface area contributed by atoms with Gasteiger partial charge in [-0.15, -0.1) is 0 Å². The van der Waals surface area contributed by atoms with E-state index in [0.717, 1.165) is 72.8 Å². The molecule has 4 aliphatic rings. The highest BCUT2D eigenvalue weighted by molar-refractivity contribution is 6.09. The number of para-hydroxylation sites is 3. The molecular weight excluding hydrogens is 887 g/mol. The van der Waals surface area contributed by atoms with Gasteiger partial charge in [-0.1, -0.05) is 184 Å². The molecule has 3 nitrogen and oxygen atoms in total. The highest BCUT2D eigenvalue weighted by atomic mass is 16.5. The predicted molar refractivity (Wildman–Crippen MR) is 299 cm³/mol. The van der Waals surface area contributed by atoms with Crippen LogP contribution < -0.4 is 9.64 Å². The molecule has 1 unspecified atom stereocenters. The van der Waals surface area contributed by atoms with Crippen molar-refractivity contribution in [3.8, 4) is 78.3 Å². The molecule has 11 aromatic carbocycles. The van der Waals surface area contributed by atoms with Crippen LogP contribution in [0.25, 0.3) is 88.7 Å². The zero-order valence-electron chi connectivity index (χ0n) is 40.3. The number of hydrogen-bond donors (Lipinski definition) is 0. The fraction of sp³-hybridized carbons (Fsp3) is 0.0571. The van der Waals surface area contributed by atoms with Crippen LogP contribution >= 0.6 is 0 Å². The summed E-state index contributed by atoms with van der Waals surface area (Å²) in [5.74, 6) is 1.70. The number of benzene rings is 11. The Bertz CT molecular complexity index is 4360. The molecule has 0 radical (unpaired) electrons. The molecule has 1 spiro atoms. The Balaban J connectivity index is 0.991. The van der Waals surface area contributed by atoms with E-state index in [0.29, 0.717) is 0 Å². The number of furan rings is 1. The summed E-state index contributed by atoms with van der Waals surface area (Å²) in [5, 5.41) is 2.27. The van der Waals surface area contributed by atoms with Gasteiger partial charge >= 0.3 is 0 Å². The quantitative estimate of drug-likeness (QED) is 0.177. The van der Waals surface area contributed by atoms with E-state index in [1.807, 2.05) is 0 Å². The van der Waals surface area contributed by atoms with Gasteiger partial charge in [-0.25, -0.2) is 0 Å². The van der Waals surface area contributed by atoms with E-state index in [1.165, 1.54) is 77.9 Å². The molecule has 0 fully saturated rings. The van der Waals surface area contributed by atoms with E-state index in [1.54, 1.807) is 0 Å². The smallest absolute Gasteiger partial charge is 0.135 e. The standard InChI is InChI=1S/C70H45NO2/c1-69(2)59-25-11-5-20-49(59)51-35-32-44(39-63(51)69)71(42-31-34-47-52-22-8-14-28-65(52)72-66-29-15-9-23-53(66)55(47)37-42)43-33-36-62-56(38-43)46-18-4-3-17-45(46)48-19-6-12-26-60(48)70(62)61-27-13-7-21-50(61)57-40-58-54-24-10-16-30-67(54)73-68(58)41-64(57)70/h3-41H,1-2H3. The first kappa shape index (κ1) is 40.5. The fourth-order valence-corrected chi connectivity index (χ4v) is 13.5. The van der Waals surface area contributed by atoms with Gasteiger partial charge in [0, 0.05) is 44.4 Å². The lowest BCUT2D eigenvalue weighted by molar-refractivity contribution is 0.488. The van der Waals surface area contributed by atoms with E-state index >= 15 is 0 Å². The van der Waals surface area contributed by atoms with Gasteiger partial charge in [-0.2, -0.15) is 0 Å². The van der Waals surface area contributed by atoms with Crippen molar-refractivity contribution < 1.29 is 9.15 Å². The summed E-state index contributed by atoms with van der Waals surface area (Å²) in [6.45, 7) is 4.74. The lowest BCUT2D eigenvalue weighted by Crippen LogP contribution is -2.29. The fourth-order valence-electron chi connectivity index (χ4n) is 13.5. The van der Waals surface area contributed by atoms with Crippen LogP contribution in [0.4, 0.5) is 17.1 Å². The minimum atomic E-state index is -0.683. The summed E-state index contributed by atoms with van der Waals surface area (Å²) < 4.78 is 13.5. The Labute approximate surface area is 423 Å². The molecule has 2 heterocycles. The molecule has 73 heavy (non-hydrogen) atoms. The molecule has 3 aliphatic carbocycles. The molecule has 0 saturated heterocycles. The maximum atomic E-state index is 6.77. The van der Waals surface area contributed by atoms with Crippen LogP contribution in [0.3, 0.4) is 0 Å². The van der Waals surface area contributed by atoms with Crippen LogP contribution in [0.5, 0.6) is 11.5 Å². The van der Waals surface area contributed by atoms with Crippen molar-refractivity contribution in [1.82, 2.24) is 0 Å². The Morgan fingerprint density at radius 1 is 0.288 bits per heavy atom. The number of rotatable bonds is 3. The van der Waals surface area contributed by atoms with Crippen LogP contribution in [-0.4, -0.2) is 0 Å². The first-order valence-corrected chi connectivity index (χ1v) is 25.4. The van der Waals surface area contributed by atoms with Crippen molar-refractivity contribution in [2.24, 2.45) is 0 Å². The van der Waals surface area contributed by atoms with Crippen LogP contribution in [0, 0.1) is 0 Å². The van der Waals surface area contributed by atoms with Crippen LogP contribution in [0.1, 0.15) is 47.2 Å². The van der Waals surface area contributed by atoms with Gasteiger partial charge in [0.15, 0.2) is 0 Å². The van der Waals surface area contributed by atoms with E-state index in [-0.39, 0.29) is 5.41 Å². The molecule has 3 heteroatoms. The summed E-state index contributed by atoms with van der Waals surface area (Å²) in [6.07, 6.45) is 0. The molecule has 12 aromatic rings. The number of fused-ring (bicyclic) bond motifs is 23. The second kappa shape index (κ2) is 14.7. The summed E-state index contributed by atoms with van der Waals surface area (Å²) in [5.41, 5.74) is 26.2. The Morgan fingerprint density at radius 2 is 0.740 bits per heavy atom. The first-order valence-electron chi connectivity index (χ1n) is 25.4. The van der Waals surface area contributed by atoms with Gasteiger partial charge in [0.05, 0.1) is 5.41 Å². The van der Waals surface area contributed by atoms with E-state index < -0.39 is 5.41 Å². The minimum Gasteiger partial charge on any atom is -0.456 e. The zero-order chi connectivity index (χ0) is 48.2. The van der Waals surface area contributed by atoms with E-state index in [2.05, 4.69) is 255 Å². The summed E-state index contributed by atoms with van der Waals surface area (Å²) in [7, 11) is 0. The number of nitrogens with zero attached hydrogens (tertiary/aromatic N) is 1. The van der Waals surface area contributed by atoms with Crippen LogP contribution in [-0.2, 0) is 10.8 Å². The van der Waals surface area contributed by atoms with E-state index in [4.69, 9.17) is 9.15 Å². The number of ether oxygens (including phenoxy) is 1. The second-order valence-electron chi connectivity index (χ2n) is 20.7. The molecule has 342 valence electrons. The van der Waals surface area contributed by atoms with Crippen molar-refractivity contribution in [2.75, 3.05) is 4.90 Å². The lowest BCUT2D eigenvalue weighted by atomic mass is 9.66.